The van der Waals surface area contributed by atoms with Crippen molar-refractivity contribution in [3.63, 3.8) is 0 Å². The second-order valence-electron chi connectivity index (χ2n) is 5.30. The number of rotatable bonds is 3. The van der Waals surface area contributed by atoms with E-state index in [1.54, 1.807) is 0 Å². The molecule has 0 nitrogen and oxygen atoms in total. The quantitative estimate of drug-likeness (QED) is 0.602. The molecule has 0 bridgehead atoms. The van der Waals surface area contributed by atoms with Crippen molar-refractivity contribution in [3.8, 4) is 0 Å². The van der Waals surface area contributed by atoms with Gasteiger partial charge in [0.15, 0.2) is 0 Å². The molecule has 0 atom stereocenters. The Bertz CT molecular complexity index is 112. The minimum Gasteiger partial charge on any atom is -0.282 e. The molecule has 0 saturated carbocycles. The van der Waals surface area contributed by atoms with Crippen molar-refractivity contribution < 1.29 is 0 Å². The third-order valence-electron chi connectivity index (χ3n) is 3.82. The van der Waals surface area contributed by atoms with E-state index in [0.717, 1.165) is 0 Å². The fourth-order valence-corrected chi connectivity index (χ4v) is 1.84. The van der Waals surface area contributed by atoms with E-state index in [-0.39, 0.29) is 0 Å². The van der Waals surface area contributed by atoms with Gasteiger partial charge in [-0.1, -0.05) is 20.8 Å². The molecule has 66 valence electrons. The molecule has 0 aliphatic rings. The lowest BCUT2D eigenvalue weighted by Crippen LogP contribution is -2.39. The topological polar surface area (TPSA) is 0 Å². The highest BCUT2D eigenvalue weighted by molar-refractivity contribution is 8.63. The lowest BCUT2D eigenvalue weighted by Gasteiger charge is -2.71. The normalized spacial score (nSPS) is 19.8. The van der Waals surface area contributed by atoms with Crippen LogP contribution in [0.1, 0.15) is 20.8 Å². The third kappa shape index (κ3) is 1.91. The fraction of sp³-hybridized carbons (Fsp3) is 1.00. The maximum absolute atomic E-state index is 2.51. The Morgan fingerprint density at radius 3 is 0.900 bits per heavy atom. The van der Waals surface area contributed by atoms with Gasteiger partial charge in [0, 0.05) is 0 Å². The van der Waals surface area contributed by atoms with Crippen LogP contribution in [0.5, 0.6) is 0 Å². The molecule has 0 fully saturated rings. The highest BCUT2D eigenvalue weighted by atomic mass is 32.4. The summed E-state index contributed by atoms with van der Waals surface area (Å²) in [6, 6.07) is 0. The monoisotopic (exact) mass is 164 g/mol. The van der Waals surface area contributed by atoms with E-state index < -0.39 is 8.29 Å². The van der Waals surface area contributed by atoms with Crippen LogP contribution in [0.25, 0.3) is 0 Å². The average Bonchev–Trinajstić information content (AvgIpc) is 1.90. The molecular weight excluding hydrogens is 140 g/mol. The first kappa shape index (κ1) is 10.3. The Morgan fingerprint density at radius 2 is 0.900 bits per heavy atom. The molecular formula is C9H24S. The Morgan fingerprint density at radius 1 is 0.700 bits per heavy atom. The Hall–Kier alpha value is 0.350. The van der Waals surface area contributed by atoms with Crippen LogP contribution in [-0.2, 0) is 0 Å². The summed E-state index contributed by atoms with van der Waals surface area (Å²) in [7, 11) is -1.56. The minimum atomic E-state index is -1.56. The standard InChI is InChI=1S/C9H24S/c1-7-10(4,5,6,8-2)9-3/h7-9H2,1-6H3. The van der Waals surface area contributed by atoms with Gasteiger partial charge in [-0.15, -0.1) is 0 Å². The summed E-state index contributed by atoms with van der Waals surface area (Å²) in [6.07, 6.45) is 7.54. The first-order chi connectivity index (χ1) is 4.21. The zero-order chi connectivity index (χ0) is 8.53. The zero-order valence-corrected chi connectivity index (χ0v) is 9.35. The molecule has 0 radical (unpaired) electrons. The highest BCUT2D eigenvalue weighted by Crippen LogP contribution is 2.80. The van der Waals surface area contributed by atoms with Crippen molar-refractivity contribution >= 4 is 8.29 Å². The van der Waals surface area contributed by atoms with E-state index in [1.807, 2.05) is 0 Å². The molecule has 1 heteroatoms. The molecule has 0 rings (SSSR count). The summed E-state index contributed by atoms with van der Waals surface area (Å²) in [4.78, 5) is 0. The van der Waals surface area contributed by atoms with Gasteiger partial charge in [0.2, 0.25) is 0 Å². The molecule has 0 aromatic carbocycles. The highest BCUT2D eigenvalue weighted by Gasteiger charge is 2.41. The Kier molecular flexibility index (Phi) is 2.00. The van der Waals surface area contributed by atoms with Gasteiger partial charge >= 0.3 is 0 Å². The predicted octanol–water partition coefficient (Wildman–Crippen LogP) is 2.81. The van der Waals surface area contributed by atoms with Gasteiger partial charge in [-0.25, -0.2) is 0 Å². The lowest BCUT2D eigenvalue weighted by molar-refractivity contribution is 1.26. The van der Waals surface area contributed by atoms with Gasteiger partial charge in [-0.3, -0.25) is 8.29 Å². The van der Waals surface area contributed by atoms with Crippen LogP contribution in [0.4, 0.5) is 0 Å². The molecule has 0 amide bonds. The van der Waals surface area contributed by atoms with E-state index in [2.05, 4.69) is 39.5 Å². The van der Waals surface area contributed by atoms with Crippen LogP contribution in [-0.4, -0.2) is 36.0 Å². The summed E-state index contributed by atoms with van der Waals surface area (Å²) in [5.41, 5.74) is 0. The van der Waals surface area contributed by atoms with E-state index in [9.17, 15) is 0 Å². The second-order valence-corrected chi connectivity index (χ2v) is 15.9. The van der Waals surface area contributed by atoms with Crippen LogP contribution in [0, 0.1) is 0 Å². The molecule has 0 aromatic heterocycles. The van der Waals surface area contributed by atoms with Crippen LogP contribution < -0.4 is 0 Å². The number of hydrogen-bond donors (Lipinski definition) is 0. The molecule has 0 aliphatic heterocycles. The molecule has 10 heavy (non-hydrogen) atoms. The maximum atomic E-state index is 2.51. The van der Waals surface area contributed by atoms with E-state index in [4.69, 9.17) is 0 Å². The van der Waals surface area contributed by atoms with Crippen molar-refractivity contribution in [2.45, 2.75) is 20.8 Å². The summed E-state index contributed by atoms with van der Waals surface area (Å²) < 4.78 is 0. The van der Waals surface area contributed by atoms with Crippen molar-refractivity contribution in [2.75, 3.05) is 36.0 Å². The van der Waals surface area contributed by atoms with Crippen LogP contribution in [0.2, 0.25) is 0 Å². The van der Waals surface area contributed by atoms with Crippen LogP contribution in [0.3, 0.4) is 0 Å². The van der Waals surface area contributed by atoms with Crippen molar-refractivity contribution in [1.29, 1.82) is 0 Å². The first-order valence-corrected chi connectivity index (χ1v) is 8.39. The molecule has 0 N–H and O–H groups in total. The molecule has 0 saturated heterocycles. The van der Waals surface area contributed by atoms with E-state index in [0.29, 0.717) is 0 Å². The van der Waals surface area contributed by atoms with Gasteiger partial charge in [0.05, 0.1) is 0 Å². The third-order valence-corrected chi connectivity index (χ3v) is 11.5. The molecule has 0 unspecified atom stereocenters. The first-order valence-electron chi connectivity index (χ1n) is 4.21. The van der Waals surface area contributed by atoms with Crippen molar-refractivity contribution in [3.05, 3.63) is 0 Å². The summed E-state index contributed by atoms with van der Waals surface area (Å²) in [5.74, 6) is 4.10. The van der Waals surface area contributed by atoms with Gasteiger partial charge in [-0.2, -0.15) is 0 Å². The molecule has 0 heterocycles. The second kappa shape index (κ2) is 1.94. The summed E-state index contributed by atoms with van der Waals surface area (Å²) >= 11 is 0. The van der Waals surface area contributed by atoms with Crippen molar-refractivity contribution in [1.82, 2.24) is 0 Å². The average molecular weight is 164 g/mol. The molecule has 0 spiro atoms. The van der Waals surface area contributed by atoms with E-state index >= 15 is 0 Å². The maximum Gasteiger partial charge on any atom is -0.0371 e. The van der Waals surface area contributed by atoms with Crippen molar-refractivity contribution in [2.24, 2.45) is 0 Å². The van der Waals surface area contributed by atoms with Gasteiger partial charge in [-0.05, 0) is 36.0 Å². The smallest absolute Gasteiger partial charge is 0.0371 e. The van der Waals surface area contributed by atoms with Gasteiger partial charge in [0.1, 0.15) is 0 Å². The largest absolute Gasteiger partial charge is 0.282 e. The summed E-state index contributed by atoms with van der Waals surface area (Å²) in [5, 5.41) is 0. The van der Waals surface area contributed by atoms with Crippen LogP contribution in [0.15, 0.2) is 0 Å². The molecule has 0 aliphatic carbocycles. The predicted molar refractivity (Wildman–Crippen MR) is 57.0 cm³/mol. The van der Waals surface area contributed by atoms with E-state index in [1.165, 1.54) is 17.3 Å². The minimum absolute atomic E-state index is 1.37. The SMILES string of the molecule is CCS(C)(C)(C)(CC)CC. The number of hydrogen-bond acceptors (Lipinski definition) is 0. The summed E-state index contributed by atoms with van der Waals surface area (Å²) in [6.45, 7) is 7.03. The van der Waals surface area contributed by atoms with Gasteiger partial charge < -0.3 is 0 Å². The molecule has 0 aromatic rings. The Labute approximate surface area is 65.7 Å². The Balaban J connectivity index is 4.83. The van der Waals surface area contributed by atoms with Crippen LogP contribution >= 0.6 is 8.29 Å². The fourth-order valence-electron chi connectivity index (χ4n) is 0.612. The van der Waals surface area contributed by atoms with Gasteiger partial charge in [0.25, 0.3) is 0 Å². The lowest BCUT2D eigenvalue weighted by atomic mass is 10.9. The zero-order valence-electron chi connectivity index (χ0n) is 8.53.